The minimum absolute atomic E-state index is 0.429. The maximum Gasteiger partial charge on any atom is 0.165 e. The van der Waals surface area contributed by atoms with Gasteiger partial charge in [-0.2, -0.15) is 9.90 Å². The Morgan fingerprint density at radius 3 is 3.00 bits per heavy atom. The second-order valence-electron chi connectivity index (χ2n) is 3.15. The Hall–Kier alpha value is -2.04. The summed E-state index contributed by atoms with van der Waals surface area (Å²) in [4.78, 5) is 1.55. The van der Waals surface area contributed by atoms with Crippen LogP contribution in [0.5, 0.6) is 5.75 Å². The number of nitrogen functional groups attached to an aromatic ring is 1. The number of hydrogen-bond acceptors (Lipinski definition) is 4. The topological polar surface area (TPSA) is 66.0 Å². The highest BCUT2D eigenvalue weighted by Crippen LogP contribution is 2.13. The summed E-state index contributed by atoms with van der Waals surface area (Å²) in [6.45, 7) is 0.592. The Bertz CT molecular complexity index is 452. The number of nitrogens with zero attached hydrogens (tertiary/aromatic N) is 3. The molecule has 0 aliphatic heterocycles. The van der Waals surface area contributed by atoms with E-state index in [-0.39, 0.29) is 0 Å². The molecule has 0 spiro atoms. The maximum absolute atomic E-state index is 5.47. The molecule has 0 atom stereocenters. The lowest BCUT2D eigenvalue weighted by Gasteiger charge is -2.03. The van der Waals surface area contributed by atoms with Gasteiger partial charge in [-0.1, -0.05) is 12.1 Å². The molecule has 0 bridgehead atoms. The van der Waals surface area contributed by atoms with E-state index < -0.39 is 0 Å². The molecule has 0 saturated heterocycles. The van der Waals surface area contributed by atoms with Crippen molar-refractivity contribution in [3.8, 4) is 5.75 Å². The highest BCUT2D eigenvalue weighted by molar-refractivity contribution is 5.28. The molecule has 1 aromatic carbocycles. The van der Waals surface area contributed by atoms with E-state index in [4.69, 9.17) is 10.5 Å². The zero-order valence-corrected chi connectivity index (χ0v) is 8.42. The van der Waals surface area contributed by atoms with Crippen molar-refractivity contribution in [2.45, 2.75) is 6.54 Å². The van der Waals surface area contributed by atoms with Gasteiger partial charge in [0.25, 0.3) is 0 Å². The third kappa shape index (κ3) is 2.25. The minimum Gasteiger partial charge on any atom is -0.497 e. The summed E-state index contributed by atoms with van der Waals surface area (Å²) < 4.78 is 5.12. The number of nitrogens with two attached hydrogens (primary N) is 1. The molecule has 5 nitrogen and oxygen atoms in total. The van der Waals surface area contributed by atoms with Gasteiger partial charge >= 0.3 is 0 Å². The first-order chi connectivity index (χ1) is 7.28. The quantitative estimate of drug-likeness (QED) is 0.807. The summed E-state index contributed by atoms with van der Waals surface area (Å²) in [6.07, 6.45) is 1.53. The second-order valence-corrected chi connectivity index (χ2v) is 3.15. The van der Waals surface area contributed by atoms with E-state index in [2.05, 4.69) is 10.2 Å². The molecule has 1 aromatic heterocycles. The van der Waals surface area contributed by atoms with Gasteiger partial charge in [0.2, 0.25) is 0 Å². The molecule has 0 saturated carbocycles. The van der Waals surface area contributed by atoms with Gasteiger partial charge in [0, 0.05) is 0 Å². The van der Waals surface area contributed by atoms with E-state index in [1.54, 1.807) is 11.9 Å². The summed E-state index contributed by atoms with van der Waals surface area (Å²) in [6, 6.07) is 7.76. The van der Waals surface area contributed by atoms with Crippen LogP contribution in [0.2, 0.25) is 0 Å². The number of methoxy groups -OCH3 is 1. The molecule has 0 amide bonds. The molecule has 0 aliphatic rings. The van der Waals surface area contributed by atoms with Crippen molar-refractivity contribution in [1.82, 2.24) is 15.0 Å². The number of anilines is 1. The molecular weight excluding hydrogens is 192 g/mol. The molecule has 2 N–H and O–H groups in total. The molecule has 0 radical (unpaired) electrons. The highest BCUT2D eigenvalue weighted by Gasteiger charge is 1.99. The van der Waals surface area contributed by atoms with Crippen molar-refractivity contribution in [1.29, 1.82) is 0 Å². The average Bonchev–Trinajstić information content (AvgIpc) is 2.64. The summed E-state index contributed by atoms with van der Waals surface area (Å²) in [7, 11) is 1.64. The zero-order chi connectivity index (χ0) is 10.7. The standard InChI is InChI=1S/C10H12N4O/c1-15-9-4-2-3-8(5-9)7-14-12-6-10(11)13-14/h2-6H,7H2,1H3,(H2,11,13). The fourth-order valence-electron chi connectivity index (χ4n) is 1.32. The lowest BCUT2D eigenvalue weighted by molar-refractivity contribution is 0.414. The number of rotatable bonds is 3. The molecule has 15 heavy (non-hydrogen) atoms. The van der Waals surface area contributed by atoms with Gasteiger partial charge in [0.05, 0.1) is 19.9 Å². The van der Waals surface area contributed by atoms with Crippen molar-refractivity contribution in [3.05, 3.63) is 36.0 Å². The summed E-state index contributed by atoms with van der Waals surface area (Å²) in [5, 5.41) is 8.01. The summed E-state index contributed by atoms with van der Waals surface area (Å²) >= 11 is 0. The molecule has 78 valence electrons. The van der Waals surface area contributed by atoms with Gasteiger partial charge in [-0.15, -0.1) is 5.10 Å². The number of aromatic nitrogens is 3. The molecule has 2 rings (SSSR count). The molecule has 5 heteroatoms. The predicted octanol–water partition coefficient (Wildman–Crippen LogP) is 0.917. The fraction of sp³-hybridized carbons (Fsp3) is 0.200. The lowest BCUT2D eigenvalue weighted by Crippen LogP contribution is -2.04. The first-order valence-corrected chi connectivity index (χ1v) is 4.56. The highest BCUT2D eigenvalue weighted by atomic mass is 16.5. The Morgan fingerprint density at radius 1 is 1.47 bits per heavy atom. The second kappa shape index (κ2) is 4.00. The van der Waals surface area contributed by atoms with Gasteiger partial charge in [-0.3, -0.25) is 0 Å². The third-order valence-electron chi connectivity index (χ3n) is 2.01. The minimum atomic E-state index is 0.429. The summed E-state index contributed by atoms with van der Waals surface area (Å²) in [5.74, 6) is 1.26. The fourth-order valence-corrected chi connectivity index (χ4v) is 1.32. The van der Waals surface area contributed by atoms with Crippen LogP contribution in [0.25, 0.3) is 0 Å². The van der Waals surface area contributed by atoms with E-state index in [9.17, 15) is 0 Å². The van der Waals surface area contributed by atoms with E-state index in [1.807, 2.05) is 24.3 Å². The number of ether oxygens (including phenoxy) is 1. The van der Waals surface area contributed by atoms with Gasteiger partial charge in [-0.05, 0) is 17.7 Å². The van der Waals surface area contributed by atoms with Crippen LogP contribution in [0.1, 0.15) is 5.56 Å². The van der Waals surface area contributed by atoms with Crippen LogP contribution in [-0.4, -0.2) is 22.1 Å². The Kier molecular flexibility index (Phi) is 2.53. The molecule has 2 aromatic rings. The summed E-state index contributed by atoms with van der Waals surface area (Å²) in [5.41, 5.74) is 6.54. The van der Waals surface area contributed by atoms with Crippen LogP contribution in [0, 0.1) is 0 Å². The maximum atomic E-state index is 5.47. The Labute approximate surface area is 87.5 Å². The Morgan fingerprint density at radius 2 is 2.33 bits per heavy atom. The van der Waals surface area contributed by atoms with E-state index in [1.165, 1.54) is 6.20 Å². The molecule has 1 heterocycles. The van der Waals surface area contributed by atoms with Gasteiger partial charge < -0.3 is 10.5 Å². The van der Waals surface area contributed by atoms with Crippen molar-refractivity contribution >= 4 is 5.82 Å². The van der Waals surface area contributed by atoms with Crippen molar-refractivity contribution in [2.75, 3.05) is 12.8 Å². The average molecular weight is 204 g/mol. The largest absolute Gasteiger partial charge is 0.497 e. The molecule has 0 fully saturated rings. The first-order valence-electron chi connectivity index (χ1n) is 4.56. The van der Waals surface area contributed by atoms with Crippen LogP contribution in [0.3, 0.4) is 0 Å². The predicted molar refractivity (Wildman–Crippen MR) is 56.5 cm³/mol. The van der Waals surface area contributed by atoms with Crippen LogP contribution in [0.15, 0.2) is 30.5 Å². The van der Waals surface area contributed by atoms with Crippen LogP contribution in [-0.2, 0) is 6.54 Å². The molecular formula is C10H12N4O. The number of benzene rings is 1. The van der Waals surface area contributed by atoms with Gasteiger partial charge in [-0.25, -0.2) is 0 Å². The van der Waals surface area contributed by atoms with Crippen molar-refractivity contribution < 1.29 is 4.74 Å². The van der Waals surface area contributed by atoms with Crippen LogP contribution in [0.4, 0.5) is 5.82 Å². The third-order valence-corrected chi connectivity index (χ3v) is 2.01. The monoisotopic (exact) mass is 204 g/mol. The van der Waals surface area contributed by atoms with Crippen LogP contribution < -0.4 is 10.5 Å². The van der Waals surface area contributed by atoms with Crippen LogP contribution >= 0.6 is 0 Å². The van der Waals surface area contributed by atoms with Crippen molar-refractivity contribution in [3.63, 3.8) is 0 Å². The van der Waals surface area contributed by atoms with Gasteiger partial charge in [0.1, 0.15) is 5.75 Å². The van der Waals surface area contributed by atoms with E-state index >= 15 is 0 Å². The van der Waals surface area contributed by atoms with Crippen molar-refractivity contribution in [2.24, 2.45) is 0 Å². The Balaban J connectivity index is 2.16. The van der Waals surface area contributed by atoms with Gasteiger partial charge in [0.15, 0.2) is 5.82 Å². The van der Waals surface area contributed by atoms with E-state index in [0.717, 1.165) is 11.3 Å². The smallest absolute Gasteiger partial charge is 0.165 e. The normalized spacial score (nSPS) is 10.2. The first kappa shape index (κ1) is 9.51. The number of hydrogen-bond donors (Lipinski definition) is 1. The molecule has 0 unspecified atom stereocenters. The van der Waals surface area contributed by atoms with E-state index in [0.29, 0.717) is 12.4 Å². The lowest BCUT2D eigenvalue weighted by atomic mass is 10.2. The SMILES string of the molecule is COc1cccc(Cn2ncc(N)n2)c1. The molecule has 0 aliphatic carbocycles. The zero-order valence-electron chi connectivity index (χ0n) is 8.42.